The molecule has 1 aromatic carbocycles. The zero-order chi connectivity index (χ0) is 12.6. The second kappa shape index (κ2) is 3.89. The molecular weight excluding hydrogens is 221 g/mol. The van der Waals surface area contributed by atoms with Gasteiger partial charge in [-0.2, -0.15) is 0 Å². The molecule has 0 amide bonds. The van der Waals surface area contributed by atoms with Crippen molar-refractivity contribution in [2.24, 2.45) is 0 Å². The fourth-order valence-electron chi connectivity index (χ4n) is 1.52. The Morgan fingerprint density at radius 1 is 1.35 bits per heavy atom. The van der Waals surface area contributed by atoms with Gasteiger partial charge in [0.15, 0.2) is 0 Å². The molecule has 0 radical (unpaired) electrons. The first-order chi connectivity index (χ1) is 7.90. The summed E-state index contributed by atoms with van der Waals surface area (Å²) in [5, 5.41) is 10.5. The summed E-state index contributed by atoms with van der Waals surface area (Å²) in [6, 6.07) is 6.10. The predicted molar refractivity (Wildman–Crippen MR) is 63.9 cm³/mol. The van der Waals surface area contributed by atoms with Crippen LogP contribution in [0.15, 0.2) is 36.6 Å². The topological polar surface area (TPSA) is 61.6 Å². The van der Waals surface area contributed by atoms with E-state index >= 15 is 0 Å². The van der Waals surface area contributed by atoms with Crippen LogP contribution in [0.2, 0.25) is 0 Å². The van der Waals surface area contributed by atoms with Gasteiger partial charge in [-0.1, -0.05) is 18.7 Å². The summed E-state index contributed by atoms with van der Waals surface area (Å²) in [7, 11) is -0.543. The lowest BCUT2D eigenvalue weighted by molar-refractivity contribution is -0.384. The van der Waals surface area contributed by atoms with Gasteiger partial charge in [0.05, 0.1) is 10.7 Å². The second-order valence-corrected chi connectivity index (χ2v) is 4.35. The lowest BCUT2D eigenvalue weighted by atomic mass is 9.79. The Morgan fingerprint density at radius 2 is 1.94 bits per heavy atom. The van der Waals surface area contributed by atoms with Crippen molar-refractivity contribution in [1.82, 2.24) is 0 Å². The van der Waals surface area contributed by atoms with E-state index in [9.17, 15) is 10.1 Å². The first kappa shape index (κ1) is 11.7. The molecule has 1 fully saturated rings. The molecule has 0 spiro atoms. The van der Waals surface area contributed by atoms with Crippen LogP contribution in [0.4, 0.5) is 5.69 Å². The molecule has 2 rings (SSSR count). The number of nitro benzene ring substituents is 1. The van der Waals surface area contributed by atoms with Gasteiger partial charge in [-0.05, 0) is 19.3 Å². The highest BCUT2D eigenvalue weighted by Gasteiger charge is 2.42. The van der Waals surface area contributed by atoms with Crippen molar-refractivity contribution >= 4 is 18.3 Å². The van der Waals surface area contributed by atoms with E-state index in [1.54, 1.807) is 12.1 Å². The molecule has 17 heavy (non-hydrogen) atoms. The Labute approximate surface area is 99.3 Å². The van der Waals surface area contributed by atoms with Gasteiger partial charge in [-0.3, -0.25) is 10.1 Å². The Balaban J connectivity index is 2.20. The van der Waals surface area contributed by atoms with Crippen molar-refractivity contribution in [3.05, 3.63) is 46.7 Å². The molecule has 0 atom stereocenters. The van der Waals surface area contributed by atoms with Gasteiger partial charge in [0, 0.05) is 12.1 Å². The molecule has 1 aliphatic rings. The van der Waals surface area contributed by atoms with Gasteiger partial charge in [0.1, 0.15) is 5.60 Å². The van der Waals surface area contributed by atoms with Crippen LogP contribution in [0, 0.1) is 10.1 Å². The van der Waals surface area contributed by atoms with Crippen LogP contribution >= 0.6 is 0 Å². The fraction of sp³-hybridized carbons (Fsp3) is 0.273. The SMILES string of the molecule is C=C1OB(c2ccc([N+](=O)[O-])cc2)OC1(C)C. The number of nitrogens with zero attached hydrogens (tertiary/aromatic N) is 1. The summed E-state index contributed by atoms with van der Waals surface area (Å²) in [5.74, 6) is 0.556. The molecule has 1 heterocycles. The van der Waals surface area contributed by atoms with Crippen molar-refractivity contribution in [2.75, 3.05) is 0 Å². The quantitative estimate of drug-likeness (QED) is 0.442. The average molecular weight is 233 g/mol. The molecule has 1 aliphatic heterocycles. The van der Waals surface area contributed by atoms with Crippen LogP contribution in [0.3, 0.4) is 0 Å². The van der Waals surface area contributed by atoms with Crippen molar-refractivity contribution in [1.29, 1.82) is 0 Å². The molecular formula is C11H12BNO4. The van der Waals surface area contributed by atoms with E-state index in [-0.39, 0.29) is 5.69 Å². The van der Waals surface area contributed by atoms with Crippen LogP contribution in [-0.4, -0.2) is 17.6 Å². The summed E-state index contributed by atoms with van der Waals surface area (Å²) in [5.41, 5.74) is 0.249. The van der Waals surface area contributed by atoms with Gasteiger partial charge >= 0.3 is 7.12 Å². The largest absolute Gasteiger partial charge is 0.563 e. The summed E-state index contributed by atoms with van der Waals surface area (Å²) in [4.78, 5) is 10.1. The van der Waals surface area contributed by atoms with Gasteiger partial charge in [0.25, 0.3) is 5.69 Å². The minimum absolute atomic E-state index is 0.0461. The number of non-ortho nitro benzene ring substituents is 1. The molecule has 1 saturated heterocycles. The van der Waals surface area contributed by atoms with Crippen LogP contribution in [0.5, 0.6) is 0 Å². The normalized spacial score (nSPS) is 18.0. The van der Waals surface area contributed by atoms with E-state index in [0.29, 0.717) is 5.76 Å². The number of rotatable bonds is 2. The van der Waals surface area contributed by atoms with Gasteiger partial charge in [0.2, 0.25) is 0 Å². The molecule has 1 aromatic rings. The molecule has 0 bridgehead atoms. The number of benzene rings is 1. The standard InChI is InChI=1S/C11H12BNO4/c1-8-11(2,3)17-12(16-8)9-4-6-10(7-5-9)13(14)15/h4-7H,1H2,2-3H3. The predicted octanol–water partition coefficient (Wildman–Crippen LogP) is 1.63. The molecule has 0 saturated carbocycles. The highest BCUT2D eigenvalue weighted by molar-refractivity contribution is 6.62. The van der Waals surface area contributed by atoms with Gasteiger partial charge in [-0.15, -0.1) is 0 Å². The fourth-order valence-corrected chi connectivity index (χ4v) is 1.52. The first-order valence-corrected chi connectivity index (χ1v) is 5.18. The molecule has 88 valence electrons. The molecule has 0 unspecified atom stereocenters. The van der Waals surface area contributed by atoms with Crippen molar-refractivity contribution in [3.63, 3.8) is 0 Å². The lowest BCUT2D eigenvalue weighted by Crippen LogP contribution is -2.34. The van der Waals surface area contributed by atoms with Crippen molar-refractivity contribution < 1.29 is 14.2 Å². The third-order valence-corrected chi connectivity index (χ3v) is 2.70. The van der Waals surface area contributed by atoms with Crippen molar-refractivity contribution in [3.8, 4) is 0 Å². The van der Waals surface area contributed by atoms with Crippen LogP contribution in [0.25, 0.3) is 0 Å². The highest BCUT2D eigenvalue weighted by Crippen LogP contribution is 2.29. The van der Waals surface area contributed by atoms with E-state index in [0.717, 1.165) is 5.46 Å². The van der Waals surface area contributed by atoms with Crippen LogP contribution < -0.4 is 5.46 Å². The highest BCUT2D eigenvalue weighted by atomic mass is 16.7. The third-order valence-electron chi connectivity index (χ3n) is 2.70. The summed E-state index contributed by atoms with van der Waals surface area (Å²) < 4.78 is 11.1. The van der Waals surface area contributed by atoms with Gasteiger partial charge in [-0.25, -0.2) is 0 Å². The second-order valence-electron chi connectivity index (χ2n) is 4.35. The average Bonchev–Trinajstić information content (AvgIpc) is 2.54. The minimum Gasteiger partial charge on any atom is -0.534 e. The smallest absolute Gasteiger partial charge is 0.534 e. The molecule has 6 heteroatoms. The maximum Gasteiger partial charge on any atom is 0.563 e. The van der Waals surface area contributed by atoms with Gasteiger partial charge < -0.3 is 9.31 Å². The Morgan fingerprint density at radius 3 is 2.35 bits per heavy atom. The van der Waals surface area contributed by atoms with E-state index in [4.69, 9.17) is 9.31 Å². The maximum absolute atomic E-state index is 10.5. The zero-order valence-corrected chi connectivity index (χ0v) is 9.67. The van der Waals surface area contributed by atoms with Crippen molar-refractivity contribution in [2.45, 2.75) is 19.4 Å². The van der Waals surface area contributed by atoms with Crippen LogP contribution in [0.1, 0.15) is 13.8 Å². The maximum atomic E-state index is 10.5. The Kier molecular flexibility index (Phi) is 2.67. The first-order valence-electron chi connectivity index (χ1n) is 5.18. The van der Waals surface area contributed by atoms with E-state index < -0.39 is 17.6 Å². The van der Waals surface area contributed by atoms with Crippen LogP contribution in [-0.2, 0) is 9.31 Å². The summed E-state index contributed by atoms with van der Waals surface area (Å²) >= 11 is 0. The Hall–Kier alpha value is -1.82. The van der Waals surface area contributed by atoms with E-state index in [2.05, 4.69) is 6.58 Å². The zero-order valence-electron chi connectivity index (χ0n) is 9.67. The Bertz CT molecular complexity index is 469. The molecule has 0 aromatic heterocycles. The monoisotopic (exact) mass is 233 g/mol. The van der Waals surface area contributed by atoms with E-state index in [1.807, 2.05) is 13.8 Å². The third kappa shape index (κ3) is 2.17. The number of hydrogen-bond donors (Lipinski definition) is 0. The van der Waals surface area contributed by atoms with E-state index in [1.165, 1.54) is 12.1 Å². The number of nitro groups is 1. The number of hydrogen-bond acceptors (Lipinski definition) is 4. The lowest BCUT2D eigenvalue weighted by Gasteiger charge is -2.15. The minimum atomic E-state index is -0.543. The molecule has 0 aliphatic carbocycles. The molecule has 5 nitrogen and oxygen atoms in total. The summed E-state index contributed by atoms with van der Waals surface area (Å²) in [6.07, 6.45) is 0. The molecule has 0 N–H and O–H groups in total. The summed E-state index contributed by atoms with van der Waals surface area (Å²) in [6.45, 7) is 7.50.